The van der Waals surface area contributed by atoms with E-state index in [1.54, 1.807) is 18.2 Å². The zero-order chi connectivity index (χ0) is 19.2. The average molecular weight is 371 g/mol. The first-order valence-corrected chi connectivity index (χ1v) is 9.60. The van der Waals surface area contributed by atoms with Gasteiger partial charge < -0.3 is 9.64 Å². The fraction of sp³-hybridized carbons (Fsp3) is 0.600. The van der Waals surface area contributed by atoms with Crippen LogP contribution in [0.4, 0.5) is 4.79 Å². The van der Waals surface area contributed by atoms with Crippen molar-refractivity contribution < 1.29 is 19.0 Å². The Kier molecular flexibility index (Phi) is 4.40. The minimum Gasteiger partial charge on any atom is -0.444 e. The Bertz CT molecular complexity index is 855. The number of piperidine rings is 2. The Morgan fingerprint density at radius 3 is 2.44 bits per heavy atom. The van der Waals surface area contributed by atoms with Crippen LogP contribution in [-0.4, -0.2) is 44.8 Å². The SMILES string of the molecule is CC(C)(C)OC(=O)N1C2CCCC1CC(C(=O)c1ccc3nonc3c1)C2. The van der Waals surface area contributed by atoms with Crippen molar-refractivity contribution in [3.63, 3.8) is 0 Å². The van der Waals surface area contributed by atoms with Crippen molar-refractivity contribution in [2.24, 2.45) is 5.92 Å². The van der Waals surface area contributed by atoms with Crippen LogP contribution in [0.25, 0.3) is 11.0 Å². The summed E-state index contributed by atoms with van der Waals surface area (Å²) in [5.41, 5.74) is 1.35. The fourth-order valence-corrected chi connectivity index (χ4v) is 4.38. The van der Waals surface area contributed by atoms with Crippen LogP contribution in [0.1, 0.15) is 63.2 Å². The van der Waals surface area contributed by atoms with Gasteiger partial charge in [0, 0.05) is 23.6 Å². The second kappa shape index (κ2) is 6.62. The van der Waals surface area contributed by atoms with Crippen molar-refractivity contribution >= 4 is 22.9 Å². The number of nitrogens with zero attached hydrogens (tertiary/aromatic N) is 3. The van der Waals surface area contributed by atoms with Crippen LogP contribution >= 0.6 is 0 Å². The van der Waals surface area contributed by atoms with E-state index in [-0.39, 0.29) is 29.9 Å². The largest absolute Gasteiger partial charge is 0.444 e. The van der Waals surface area contributed by atoms with Crippen LogP contribution in [0, 0.1) is 5.92 Å². The summed E-state index contributed by atoms with van der Waals surface area (Å²) in [6.45, 7) is 5.64. The molecule has 0 radical (unpaired) electrons. The number of carbonyl (C=O) groups is 2. The first-order valence-electron chi connectivity index (χ1n) is 9.60. The van der Waals surface area contributed by atoms with E-state index in [0.29, 0.717) is 29.4 Å². The third-order valence-corrected chi connectivity index (χ3v) is 5.49. The van der Waals surface area contributed by atoms with Gasteiger partial charge in [0.15, 0.2) is 5.78 Å². The minimum absolute atomic E-state index is 0.0683. The van der Waals surface area contributed by atoms with Crippen LogP contribution in [0.3, 0.4) is 0 Å². The van der Waals surface area contributed by atoms with E-state index in [2.05, 4.69) is 10.3 Å². The molecule has 2 unspecified atom stereocenters. The standard InChI is InChI=1S/C20H25N3O4/c1-20(2,3)26-19(25)23-14-5-4-6-15(23)10-13(9-14)18(24)12-7-8-16-17(11-12)22-27-21-16/h7-8,11,13-15H,4-6,9-10H2,1-3H3. The summed E-state index contributed by atoms with van der Waals surface area (Å²) in [5, 5.41) is 7.61. The van der Waals surface area contributed by atoms with Gasteiger partial charge >= 0.3 is 6.09 Å². The molecular weight excluding hydrogens is 346 g/mol. The lowest BCUT2D eigenvalue weighted by Crippen LogP contribution is -2.56. The number of amides is 1. The van der Waals surface area contributed by atoms with Crippen molar-refractivity contribution in [3.8, 4) is 0 Å². The van der Waals surface area contributed by atoms with Crippen LogP contribution in [0.2, 0.25) is 0 Å². The Hall–Kier alpha value is -2.44. The lowest BCUT2D eigenvalue weighted by molar-refractivity contribution is -0.0260. The minimum atomic E-state index is -0.515. The van der Waals surface area contributed by atoms with Gasteiger partial charge in [-0.25, -0.2) is 9.42 Å². The van der Waals surface area contributed by atoms with Gasteiger partial charge in [0.05, 0.1) is 0 Å². The highest BCUT2D eigenvalue weighted by molar-refractivity contribution is 6.00. The van der Waals surface area contributed by atoms with Crippen LogP contribution < -0.4 is 0 Å². The van der Waals surface area contributed by atoms with E-state index >= 15 is 0 Å². The number of benzene rings is 1. The topological polar surface area (TPSA) is 85.5 Å². The van der Waals surface area contributed by atoms with Gasteiger partial charge in [-0.2, -0.15) is 0 Å². The van der Waals surface area contributed by atoms with Crippen molar-refractivity contribution in [2.75, 3.05) is 0 Å². The van der Waals surface area contributed by atoms with Gasteiger partial charge in [-0.15, -0.1) is 0 Å². The maximum Gasteiger partial charge on any atom is 0.410 e. The van der Waals surface area contributed by atoms with Gasteiger partial charge in [-0.05, 0) is 81.4 Å². The molecule has 1 aromatic heterocycles. The first-order chi connectivity index (χ1) is 12.8. The summed E-state index contributed by atoms with van der Waals surface area (Å²) >= 11 is 0. The van der Waals surface area contributed by atoms with Gasteiger partial charge in [-0.3, -0.25) is 4.79 Å². The number of rotatable bonds is 2. The number of aromatic nitrogens is 2. The predicted molar refractivity (Wildman–Crippen MR) is 98.4 cm³/mol. The predicted octanol–water partition coefficient (Wildman–Crippen LogP) is 3.97. The zero-order valence-electron chi connectivity index (χ0n) is 16.0. The number of hydrogen-bond acceptors (Lipinski definition) is 6. The molecule has 2 aromatic rings. The van der Waals surface area contributed by atoms with Gasteiger partial charge in [-0.1, -0.05) is 0 Å². The Balaban J connectivity index is 1.52. The highest BCUT2D eigenvalue weighted by Crippen LogP contribution is 2.39. The number of fused-ring (bicyclic) bond motifs is 3. The lowest BCUT2D eigenvalue weighted by atomic mass is 9.76. The molecule has 2 aliphatic rings. The Morgan fingerprint density at radius 1 is 1.11 bits per heavy atom. The summed E-state index contributed by atoms with van der Waals surface area (Å²) in [6.07, 6.45) is 4.05. The molecule has 2 fully saturated rings. The summed E-state index contributed by atoms with van der Waals surface area (Å²) in [7, 11) is 0. The molecule has 7 nitrogen and oxygen atoms in total. The maximum absolute atomic E-state index is 13.1. The summed E-state index contributed by atoms with van der Waals surface area (Å²) < 4.78 is 10.3. The van der Waals surface area contributed by atoms with E-state index in [1.165, 1.54) is 0 Å². The normalized spacial score (nSPS) is 25.4. The van der Waals surface area contributed by atoms with Crippen LogP contribution in [0.15, 0.2) is 22.8 Å². The molecule has 2 bridgehead atoms. The number of ether oxygens (including phenoxy) is 1. The van der Waals surface area contributed by atoms with Crippen LogP contribution in [0.5, 0.6) is 0 Å². The molecule has 1 amide bonds. The molecule has 1 aromatic carbocycles. The van der Waals surface area contributed by atoms with Crippen LogP contribution in [-0.2, 0) is 4.74 Å². The molecule has 4 rings (SSSR count). The zero-order valence-corrected chi connectivity index (χ0v) is 16.0. The number of carbonyl (C=O) groups excluding carboxylic acids is 2. The highest BCUT2D eigenvalue weighted by Gasteiger charge is 2.44. The van der Waals surface area contributed by atoms with Crippen molar-refractivity contribution in [2.45, 2.75) is 70.6 Å². The smallest absolute Gasteiger partial charge is 0.410 e. The third-order valence-electron chi connectivity index (χ3n) is 5.49. The molecule has 2 saturated heterocycles. The molecule has 0 spiro atoms. The molecule has 144 valence electrons. The second-order valence-electron chi connectivity index (χ2n) is 8.63. The summed E-state index contributed by atoms with van der Waals surface area (Å²) in [5.74, 6) is 0.0249. The fourth-order valence-electron chi connectivity index (χ4n) is 4.38. The van der Waals surface area contributed by atoms with E-state index in [0.717, 1.165) is 19.3 Å². The quantitative estimate of drug-likeness (QED) is 0.743. The van der Waals surface area contributed by atoms with E-state index in [1.807, 2.05) is 25.7 Å². The van der Waals surface area contributed by atoms with Gasteiger partial charge in [0.1, 0.15) is 16.6 Å². The molecule has 0 saturated carbocycles. The van der Waals surface area contributed by atoms with Gasteiger partial charge in [0.2, 0.25) is 0 Å². The molecule has 2 aliphatic heterocycles. The second-order valence-corrected chi connectivity index (χ2v) is 8.63. The van der Waals surface area contributed by atoms with Crippen molar-refractivity contribution in [1.29, 1.82) is 0 Å². The monoisotopic (exact) mass is 371 g/mol. The number of ketones is 1. The number of Topliss-reactive ketones (excluding diaryl/α,β-unsaturated/α-hetero) is 1. The van der Waals surface area contributed by atoms with Gasteiger partial charge in [0.25, 0.3) is 0 Å². The summed E-state index contributed by atoms with van der Waals surface area (Å²) in [6, 6.07) is 5.42. The molecule has 2 atom stereocenters. The van der Waals surface area contributed by atoms with E-state index in [9.17, 15) is 9.59 Å². The molecule has 3 heterocycles. The average Bonchev–Trinajstić information content (AvgIpc) is 3.06. The van der Waals surface area contributed by atoms with E-state index < -0.39 is 5.60 Å². The molecule has 7 heteroatoms. The highest BCUT2D eigenvalue weighted by atomic mass is 16.6. The van der Waals surface area contributed by atoms with Crippen molar-refractivity contribution in [1.82, 2.24) is 15.2 Å². The summed E-state index contributed by atoms with van der Waals surface area (Å²) in [4.78, 5) is 27.7. The lowest BCUT2D eigenvalue weighted by Gasteiger charge is -2.48. The van der Waals surface area contributed by atoms with E-state index in [4.69, 9.17) is 9.37 Å². The maximum atomic E-state index is 13.1. The first kappa shape index (κ1) is 17.9. The Labute approximate surface area is 158 Å². The third kappa shape index (κ3) is 3.55. The Morgan fingerprint density at radius 2 is 1.78 bits per heavy atom. The van der Waals surface area contributed by atoms with Crippen molar-refractivity contribution in [3.05, 3.63) is 23.8 Å². The molecular formula is C20H25N3O4. The number of hydrogen-bond donors (Lipinski definition) is 0. The molecule has 27 heavy (non-hydrogen) atoms. The molecule has 0 N–H and O–H groups in total. The molecule has 0 aliphatic carbocycles.